The maximum absolute atomic E-state index is 10.4. The van der Waals surface area contributed by atoms with Crippen LogP contribution in [0.1, 0.15) is 45.1 Å². The van der Waals surface area contributed by atoms with Gasteiger partial charge in [0.05, 0.1) is 5.60 Å². The third-order valence-electron chi connectivity index (χ3n) is 3.03. The molecular weight excluding hydrogens is 184 g/mol. The Morgan fingerprint density at radius 2 is 1.80 bits per heavy atom. The van der Waals surface area contributed by atoms with Gasteiger partial charge in [0.1, 0.15) is 0 Å². The summed E-state index contributed by atoms with van der Waals surface area (Å²) in [6.45, 7) is 4.23. The van der Waals surface area contributed by atoms with Crippen molar-refractivity contribution in [2.45, 2.75) is 51.6 Å². The van der Waals surface area contributed by atoms with E-state index in [1.165, 1.54) is 5.56 Å². The van der Waals surface area contributed by atoms with Crippen LogP contribution in [0, 0.1) is 0 Å². The standard InChI is InChI=1S/C14H22O/c1-3-5-11-14(15,4-2)12-13-9-7-6-8-10-13/h6-10,15H,3-5,11-12H2,1-2H3. The SMILES string of the molecule is CCCCC(O)(CC)Cc1ccccc1. The summed E-state index contributed by atoms with van der Waals surface area (Å²) in [6.07, 6.45) is 4.79. The monoisotopic (exact) mass is 206 g/mol. The topological polar surface area (TPSA) is 20.2 Å². The van der Waals surface area contributed by atoms with Gasteiger partial charge in [0, 0.05) is 6.42 Å². The minimum Gasteiger partial charge on any atom is -0.390 e. The lowest BCUT2D eigenvalue weighted by molar-refractivity contribution is 0.0256. The second-order valence-corrected chi connectivity index (χ2v) is 4.34. The van der Waals surface area contributed by atoms with E-state index in [4.69, 9.17) is 0 Å². The van der Waals surface area contributed by atoms with Crippen molar-refractivity contribution in [3.05, 3.63) is 35.9 Å². The third-order valence-corrected chi connectivity index (χ3v) is 3.03. The fourth-order valence-electron chi connectivity index (χ4n) is 1.87. The van der Waals surface area contributed by atoms with Crippen LogP contribution in [0.25, 0.3) is 0 Å². The van der Waals surface area contributed by atoms with Gasteiger partial charge in [-0.3, -0.25) is 0 Å². The Morgan fingerprint density at radius 3 is 2.33 bits per heavy atom. The summed E-state index contributed by atoms with van der Waals surface area (Å²) < 4.78 is 0. The fraction of sp³-hybridized carbons (Fsp3) is 0.571. The lowest BCUT2D eigenvalue weighted by atomic mass is 9.87. The van der Waals surface area contributed by atoms with Crippen LogP contribution in [0.3, 0.4) is 0 Å². The molecule has 0 aliphatic carbocycles. The van der Waals surface area contributed by atoms with Gasteiger partial charge in [-0.1, -0.05) is 57.0 Å². The molecule has 1 aromatic carbocycles. The Hall–Kier alpha value is -0.820. The molecular formula is C14H22O. The van der Waals surface area contributed by atoms with Crippen molar-refractivity contribution >= 4 is 0 Å². The molecule has 0 fully saturated rings. The minimum atomic E-state index is -0.503. The molecule has 1 atom stereocenters. The second kappa shape index (κ2) is 5.92. The van der Waals surface area contributed by atoms with Crippen LogP contribution in [0.2, 0.25) is 0 Å². The molecule has 0 aliphatic rings. The highest BCUT2D eigenvalue weighted by Gasteiger charge is 2.23. The Bertz CT molecular complexity index is 268. The van der Waals surface area contributed by atoms with Gasteiger partial charge in [0.2, 0.25) is 0 Å². The van der Waals surface area contributed by atoms with E-state index >= 15 is 0 Å². The predicted octanol–water partition coefficient (Wildman–Crippen LogP) is 3.56. The number of hydrogen-bond donors (Lipinski definition) is 1. The first-order valence-corrected chi connectivity index (χ1v) is 5.96. The maximum atomic E-state index is 10.4. The lowest BCUT2D eigenvalue weighted by Crippen LogP contribution is -2.30. The molecule has 84 valence electrons. The molecule has 1 aromatic rings. The van der Waals surface area contributed by atoms with E-state index < -0.39 is 5.60 Å². The van der Waals surface area contributed by atoms with Crippen molar-refractivity contribution in [3.8, 4) is 0 Å². The van der Waals surface area contributed by atoms with Gasteiger partial charge in [0.15, 0.2) is 0 Å². The second-order valence-electron chi connectivity index (χ2n) is 4.34. The van der Waals surface area contributed by atoms with Crippen molar-refractivity contribution in [3.63, 3.8) is 0 Å². The van der Waals surface area contributed by atoms with Crippen molar-refractivity contribution in [1.82, 2.24) is 0 Å². The van der Waals surface area contributed by atoms with Crippen LogP contribution in [0.15, 0.2) is 30.3 Å². The number of aliphatic hydroxyl groups is 1. The zero-order valence-corrected chi connectivity index (χ0v) is 9.87. The number of rotatable bonds is 6. The van der Waals surface area contributed by atoms with Gasteiger partial charge >= 0.3 is 0 Å². The first-order valence-electron chi connectivity index (χ1n) is 5.96. The normalized spacial score (nSPS) is 14.9. The molecule has 0 heterocycles. The molecule has 0 spiro atoms. The number of benzene rings is 1. The summed E-state index contributed by atoms with van der Waals surface area (Å²) in [5, 5.41) is 10.4. The van der Waals surface area contributed by atoms with Crippen LogP contribution in [0.4, 0.5) is 0 Å². The van der Waals surface area contributed by atoms with E-state index in [0.29, 0.717) is 0 Å². The summed E-state index contributed by atoms with van der Waals surface area (Å²) in [5.74, 6) is 0. The summed E-state index contributed by atoms with van der Waals surface area (Å²) in [6, 6.07) is 10.3. The Balaban J connectivity index is 2.59. The van der Waals surface area contributed by atoms with E-state index in [1.54, 1.807) is 0 Å². The van der Waals surface area contributed by atoms with Gasteiger partial charge in [-0.2, -0.15) is 0 Å². The van der Waals surface area contributed by atoms with Gasteiger partial charge < -0.3 is 5.11 Å². The van der Waals surface area contributed by atoms with Gasteiger partial charge in [-0.15, -0.1) is 0 Å². The number of unbranched alkanes of at least 4 members (excludes halogenated alkanes) is 1. The van der Waals surface area contributed by atoms with Crippen LogP contribution < -0.4 is 0 Å². The molecule has 1 heteroatoms. The molecule has 1 unspecified atom stereocenters. The van der Waals surface area contributed by atoms with E-state index in [9.17, 15) is 5.11 Å². The maximum Gasteiger partial charge on any atom is 0.0685 e. The van der Waals surface area contributed by atoms with Crippen LogP contribution in [-0.4, -0.2) is 10.7 Å². The molecule has 0 saturated carbocycles. The van der Waals surface area contributed by atoms with Crippen molar-refractivity contribution in [2.75, 3.05) is 0 Å². The highest BCUT2D eigenvalue weighted by atomic mass is 16.3. The Kier molecular flexibility index (Phi) is 4.83. The Morgan fingerprint density at radius 1 is 1.13 bits per heavy atom. The summed E-state index contributed by atoms with van der Waals surface area (Å²) in [5.41, 5.74) is 0.732. The minimum absolute atomic E-state index is 0.503. The summed E-state index contributed by atoms with van der Waals surface area (Å²) in [7, 11) is 0. The van der Waals surface area contributed by atoms with E-state index in [-0.39, 0.29) is 0 Å². The van der Waals surface area contributed by atoms with Gasteiger partial charge in [-0.25, -0.2) is 0 Å². The lowest BCUT2D eigenvalue weighted by Gasteiger charge is -2.26. The molecule has 0 saturated heterocycles. The predicted molar refractivity (Wildman–Crippen MR) is 64.9 cm³/mol. The smallest absolute Gasteiger partial charge is 0.0685 e. The average molecular weight is 206 g/mol. The first-order chi connectivity index (χ1) is 7.20. The molecule has 0 aromatic heterocycles. The van der Waals surface area contributed by atoms with Crippen LogP contribution in [-0.2, 0) is 6.42 Å². The Labute approximate surface area is 93.1 Å². The van der Waals surface area contributed by atoms with Crippen molar-refractivity contribution < 1.29 is 5.11 Å². The molecule has 1 nitrogen and oxygen atoms in total. The largest absolute Gasteiger partial charge is 0.390 e. The molecule has 15 heavy (non-hydrogen) atoms. The van der Waals surface area contributed by atoms with Crippen LogP contribution >= 0.6 is 0 Å². The molecule has 1 rings (SSSR count). The molecule has 0 radical (unpaired) electrons. The van der Waals surface area contributed by atoms with Crippen molar-refractivity contribution in [1.29, 1.82) is 0 Å². The first kappa shape index (κ1) is 12.3. The van der Waals surface area contributed by atoms with Crippen molar-refractivity contribution in [2.24, 2.45) is 0 Å². The third kappa shape index (κ3) is 4.05. The van der Waals surface area contributed by atoms with Gasteiger partial charge in [-0.05, 0) is 18.4 Å². The van der Waals surface area contributed by atoms with Crippen LogP contribution in [0.5, 0.6) is 0 Å². The highest BCUT2D eigenvalue weighted by molar-refractivity contribution is 5.16. The molecule has 0 aliphatic heterocycles. The highest BCUT2D eigenvalue weighted by Crippen LogP contribution is 2.23. The quantitative estimate of drug-likeness (QED) is 0.754. The molecule has 0 amide bonds. The average Bonchev–Trinajstić information content (AvgIpc) is 2.28. The zero-order chi connectivity index (χ0) is 11.1. The summed E-state index contributed by atoms with van der Waals surface area (Å²) >= 11 is 0. The fourth-order valence-corrected chi connectivity index (χ4v) is 1.87. The number of hydrogen-bond acceptors (Lipinski definition) is 1. The zero-order valence-electron chi connectivity index (χ0n) is 9.87. The van der Waals surface area contributed by atoms with E-state index in [1.807, 2.05) is 18.2 Å². The molecule has 1 N–H and O–H groups in total. The van der Waals surface area contributed by atoms with Gasteiger partial charge in [0.25, 0.3) is 0 Å². The summed E-state index contributed by atoms with van der Waals surface area (Å²) in [4.78, 5) is 0. The van der Waals surface area contributed by atoms with E-state index in [0.717, 1.165) is 32.1 Å². The van der Waals surface area contributed by atoms with E-state index in [2.05, 4.69) is 26.0 Å². The molecule has 0 bridgehead atoms.